The predicted molar refractivity (Wildman–Crippen MR) is 108 cm³/mol. The number of morpholine rings is 1. The predicted octanol–water partition coefficient (Wildman–Crippen LogP) is 2.20. The summed E-state index contributed by atoms with van der Waals surface area (Å²) in [5.41, 5.74) is 0. The van der Waals surface area contributed by atoms with E-state index in [4.69, 9.17) is 14.5 Å². The molecular formula is C19H29BrN4O2. The lowest BCUT2D eigenvalue weighted by atomic mass is 10.2. The van der Waals surface area contributed by atoms with Gasteiger partial charge in [-0.1, -0.05) is 15.9 Å². The molecule has 1 aromatic rings. The van der Waals surface area contributed by atoms with E-state index >= 15 is 0 Å². The third kappa shape index (κ3) is 5.59. The zero-order valence-electron chi connectivity index (χ0n) is 15.5. The van der Waals surface area contributed by atoms with Crippen molar-refractivity contribution in [2.45, 2.75) is 19.4 Å². The van der Waals surface area contributed by atoms with Gasteiger partial charge in [-0.15, -0.1) is 0 Å². The molecule has 2 fully saturated rings. The average molecular weight is 425 g/mol. The summed E-state index contributed by atoms with van der Waals surface area (Å²) in [6, 6.07) is 8.51. The van der Waals surface area contributed by atoms with Crippen LogP contribution in [0, 0.1) is 0 Å². The number of likely N-dealkylation sites (tertiary alicyclic amines) is 1. The molecule has 1 unspecified atom stereocenters. The third-order valence-electron chi connectivity index (χ3n) is 4.80. The van der Waals surface area contributed by atoms with Crippen molar-refractivity contribution in [2.24, 2.45) is 4.99 Å². The molecular weight excluding hydrogens is 396 g/mol. The van der Waals surface area contributed by atoms with Crippen LogP contribution in [0.2, 0.25) is 0 Å². The highest BCUT2D eigenvalue weighted by atomic mass is 79.9. The zero-order chi connectivity index (χ0) is 18.2. The van der Waals surface area contributed by atoms with E-state index in [1.54, 1.807) is 0 Å². The lowest BCUT2D eigenvalue weighted by Crippen LogP contribution is -2.46. The van der Waals surface area contributed by atoms with Crippen molar-refractivity contribution < 1.29 is 9.47 Å². The Labute approximate surface area is 164 Å². The van der Waals surface area contributed by atoms with Crippen LogP contribution < -0.4 is 10.1 Å². The summed E-state index contributed by atoms with van der Waals surface area (Å²) in [5, 5.41) is 3.43. The van der Waals surface area contributed by atoms with Gasteiger partial charge in [-0.25, -0.2) is 4.99 Å². The molecule has 1 aromatic carbocycles. The summed E-state index contributed by atoms with van der Waals surface area (Å²) < 4.78 is 12.3. The van der Waals surface area contributed by atoms with E-state index in [-0.39, 0.29) is 0 Å². The maximum atomic E-state index is 5.77. The molecule has 0 saturated carbocycles. The first-order valence-corrected chi connectivity index (χ1v) is 10.3. The minimum absolute atomic E-state index is 0.581. The molecule has 26 heavy (non-hydrogen) atoms. The summed E-state index contributed by atoms with van der Waals surface area (Å²) in [6.45, 7) is 10.1. The van der Waals surface area contributed by atoms with Crippen molar-refractivity contribution in [1.29, 1.82) is 0 Å². The highest BCUT2D eigenvalue weighted by Crippen LogP contribution is 2.18. The number of benzene rings is 1. The number of rotatable bonds is 6. The molecule has 3 rings (SSSR count). The highest BCUT2D eigenvalue weighted by molar-refractivity contribution is 9.10. The number of guanidine groups is 1. The molecule has 1 N–H and O–H groups in total. The Bertz CT molecular complexity index is 575. The molecule has 7 heteroatoms. The molecule has 0 radical (unpaired) electrons. The largest absolute Gasteiger partial charge is 0.492 e. The van der Waals surface area contributed by atoms with Crippen LogP contribution in [-0.2, 0) is 4.74 Å². The molecule has 2 heterocycles. The Morgan fingerprint density at radius 2 is 2.04 bits per heavy atom. The Kier molecular flexibility index (Phi) is 7.58. The Balaban J connectivity index is 1.48. The van der Waals surface area contributed by atoms with Gasteiger partial charge in [0.25, 0.3) is 0 Å². The van der Waals surface area contributed by atoms with Crippen molar-refractivity contribution in [3.8, 4) is 5.75 Å². The first-order valence-electron chi connectivity index (χ1n) is 9.49. The monoisotopic (exact) mass is 424 g/mol. The second-order valence-corrected chi connectivity index (χ2v) is 7.49. The maximum Gasteiger partial charge on any atom is 0.194 e. The molecule has 144 valence electrons. The first-order chi connectivity index (χ1) is 12.8. The van der Waals surface area contributed by atoms with Crippen molar-refractivity contribution in [1.82, 2.24) is 15.1 Å². The van der Waals surface area contributed by atoms with E-state index in [9.17, 15) is 0 Å². The molecule has 0 spiro atoms. The van der Waals surface area contributed by atoms with Gasteiger partial charge in [-0.2, -0.15) is 0 Å². The fourth-order valence-electron chi connectivity index (χ4n) is 3.45. The van der Waals surface area contributed by atoms with E-state index < -0.39 is 0 Å². The number of nitrogens with one attached hydrogen (secondary N) is 1. The van der Waals surface area contributed by atoms with Crippen LogP contribution in [0.4, 0.5) is 0 Å². The van der Waals surface area contributed by atoms with Crippen molar-refractivity contribution in [3.05, 3.63) is 28.7 Å². The Morgan fingerprint density at radius 1 is 1.27 bits per heavy atom. The number of aliphatic imine (C=N–C) groups is 1. The summed E-state index contributed by atoms with van der Waals surface area (Å²) >= 11 is 3.43. The van der Waals surface area contributed by atoms with E-state index in [1.807, 2.05) is 24.3 Å². The number of halogens is 1. The summed E-state index contributed by atoms with van der Waals surface area (Å²) in [4.78, 5) is 9.70. The molecule has 0 bridgehead atoms. The number of hydrogen-bond donors (Lipinski definition) is 1. The van der Waals surface area contributed by atoms with Crippen molar-refractivity contribution in [2.75, 3.05) is 59.1 Å². The molecule has 0 aliphatic carbocycles. The molecule has 6 nitrogen and oxygen atoms in total. The molecule has 0 aromatic heterocycles. The van der Waals surface area contributed by atoms with Gasteiger partial charge in [0.1, 0.15) is 12.4 Å². The Morgan fingerprint density at radius 3 is 2.77 bits per heavy atom. The second-order valence-electron chi connectivity index (χ2n) is 6.57. The zero-order valence-corrected chi connectivity index (χ0v) is 17.1. The summed E-state index contributed by atoms with van der Waals surface area (Å²) in [6.07, 6.45) is 1.19. The van der Waals surface area contributed by atoms with Crippen molar-refractivity contribution >= 4 is 21.9 Å². The van der Waals surface area contributed by atoms with E-state index in [0.717, 1.165) is 62.1 Å². The fraction of sp³-hybridized carbons (Fsp3) is 0.632. The molecule has 2 aliphatic heterocycles. The van der Waals surface area contributed by atoms with Gasteiger partial charge >= 0.3 is 0 Å². The smallest absolute Gasteiger partial charge is 0.194 e. The van der Waals surface area contributed by atoms with Gasteiger partial charge in [0.05, 0.1) is 19.8 Å². The average Bonchev–Trinajstić information content (AvgIpc) is 3.16. The highest BCUT2D eigenvalue weighted by Gasteiger charge is 2.30. The third-order valence-corrected chi connectivity index (χ3v) is 5.32. The Hall–Kier alpha value is -1.31. The van der Waals surface area contributed by atoms with Gasteiger partial charge in [-0.3, -0.25) is 4.90 Å². The van der Waals surface area contributed by atoms with Crippen molar-refractivity contribution in [3.63, 3.8) is 0 Å². The second kappa shape index (κ2) is 10.1. The quantitative estimate of drug-likeness (QED) is 0.430. The van der Waals surface area contributed by atoms with Crippen LogP contribution in [-0.4, -0.2) is 80.9 Å². The molecule has 2 saturated heterocycles. The summed E-state index contributed by atoms with van der Waals surface area (Å²) in [7, 11) is 0. The minimum atomic E-state index is 0.581. The minimum Gasteiger partial charge on any atom is -0.492 e. The van der Waals surface area contributed by atoms with Gasteiger partial charge in [0.15, 0.2) is 5.96 Å². The normalized spacial score (nSPS) is 21.8. The lowest BCUT2D eigenvalue weighted by molar-refractivity contribution is 0.0195. The van der Waals surface area contributed by atoms with Crippen LogP contribution in [0.3, 0.4) is 0 Å². The van der Waals surface area contributed by atoms with E-state index in [2.05, 4.69) is 38.0 Å². The first kappa shape index (κ1) is 19.5. The van der Waals surface area contributed by atoms with Gasteiger partial charge in [0.2, 0.25) is 0 Å². The van der Waals surface area contributed by atoms with Crippen LogP contribution in [0.25, 0.3) is 0 Å². The fourth-order valence-corrected chi connectivity index (χ4v) is 3.71. The van der Waals surface area contributed by atoms with Crippen LogP contribution >= 0.6 is 15.9 Å². The number of hydrogen-bond acceptors (Lipinski definition) is 4. The summed E-state index contributed by atoms with van der Waals surface area (Å²) in [5.74, 6) is 1.88. The molecule has 2 aliphatic rings. The number of ether oxygens (including phenoxy) is 2. The standard InChI is InChI=1S/C19H29BrN4O2/c1-2-21-19(22-8-12-26-18-5-3-16(20)4-6-18)24-9-7-17(15-24)23-10-13-25-14-11-23/h3-6,17H,2,7-15H2,1H3,(H,21,22). The maximum absolute atomic E-state index is 5.77. The SMILES string of the molecule is CCNC(=NCCOc1ccc(Br)cc1)N1CCC(N2CCOCC2)C1. The van der Waals surface area contributed by atoms with Gasteiger partial charge in [-0.05, 0) is 37.6 Å². The van der Waals surface area contributed by atoms with Crippen LogP contribution in [0.15, 0.2) is 33.7 Å². The van der Waals surface area contributed by atoms with Gasteiger partial charge in [0, 0.05) is 43.2 Å². The molecule has 0 amide bonds. The van der Waals surface area contributed by atoms with E-state index in [1.165, 1.54) is 6.42 Å². The van der Waals surface area contributed by atoms with Crippen LogP contribution in [0.5, 0.6) is 5.75 Å². The van der Waals surface area contributed by atoms with E-state index in [0.29, 0.717) is 19.2 Å². The van der Waals surface area contributed by atoms with Crippen LogP contribution in [0.1, 0.15) is 13.3 Å². The topological polar surface area (TPSA) is 49.3 Å². The number of nitrogens with zero attached hydrogens (tertiary/aromatic N) is 3. The molecule has 1 atom stereocenters. The lowest BCUT2D eigenvalue weighted by Gasteiger charge is -2.32. The van der Waals surface area contributed by atoms with Gasteiger partial charge < -0.3 is 19.7 Å².